The highest BCUT2D eigenvalue weighted by atomic mass is 19.1. The van der Waals surface area contributed by atoms with Gasteiger partial charge >= 0.3 is 0 Å². The number of halogens is 2. The number of nitrogens with zero attached hydrogens (tertiary/aromatic N) is 6. The fraction of sp³-hybridized carbons (Fsp3) is 0.217. The Balaban J connectivity index is 1.71. The first kappa shape index (κ1) is 22.3. The van der Waals surface area contributed by atoms with Crippen LogP contribution in [0.25, 0.3) is 28.2 Å². The van der Waals surface area contributed by atoms with Crippen molar-refractivity contribution in [2.24, 2.45) is 0 Å². The van der Waals surface area contributed by atoms with Gasteiger partial charge in [0.05, 0.1) is 5.56 Å². The molecular formula is C23H23F2N7O. The molecule has 0 aliphatic heterocycles. The lowest BCUT2D eigenvalue weighted by Crippen LogP contribution is -2.19. The summed E-state index contributed by atoms with van der Waals surface area (Å²) in [5, 5.41) is 11.7. The van der Waals surface area contributed by atoms with E-state index in [4.69, 9.17) is 10.5 Å². The maximum Gasteiger partial charge on any atom is 0.190 e. The minimum atomic E-state index is -0.507. The molecule has 2 heterocycles. The highest BCUT2D eigenvalue weighted by molar-refractivity contribution is 5.76. The molecule has 0 aliphatic rings. The number of hydrogen-bond acceptors (Lipinski definition) is 7. The van der Waals surface area contributed by atoms with Gasteiger partial charge in [0.25, 0.3) is 0 Å². The predicted molar refractivity (Wildman–Crippen MR) is 121 cm³/mol. The lowest BCUT2D eigenvalue weighted by Gasteiger charge is -2.15. The molecule has 0 spiro atoms. The molecule has 0 unspecified atom stereocenters. The molecule has 0 fully saturated rings. The van der Waals surface area contributed by atoms with Crippen molar-refractivity contribution in [1.29, 1.82) is 0 Å². The first-order valence-corrected chi connectivity index (χ1v) is 10.2. The van der Waals surface area contributed by atoms with Crippen LogP contribution in [0.3, 0.4) is 0 Å². The molecule has 4 aromatic rings. The number of ether oxygens (including phenoxy) is 1. The fourth-order valence-electron chi connectivity index (χ4n) is 3.28. The first-order valence-electron chi connectivity index (χ1n) is 10.2. The van der Waals surface area contributed by atoms with Crippen LogP contribution in [0.4, 0.5) is 14.6 Å². The summed E-state index contributed by atoms with van der Waals surface area (Å²) < 4.78 is 35.6. The third-order valence-electron chi connectivity index (χ3n) is 5.15. The number of pyridine rings is 1. The van der Waals surface area contributed by atoms with Crippen molar-refractivity contribution in [2.45, 2.75) is 6.92 Å². The second-order valence-corrected chi connectivity index (χ2v) is 7.75. The van der Waals surface area contributed by atoms with E-state index in [2.05, 4.69) is 20.5 Å². The molecule has 33 heavy (non-hydrogen) atoms. The SMILES string of the molecule is Cc1c(OCCN(C)C)ccc(-n2nnnc2-c2cc(-c3ccc(F)cc3)cnc2N)c1F. The third kappa shape index (κ3) is 4.65. The summed E-state index contributed by atoms with van der Waals surface area (Å²) in [6, 6.07) is 11.0. The van der Waals surface area contributed by atoms with Crippen molar-refractivity contribution in [3.05, 3.63) is 65.9 Å². The molecule has 0 bridgehead atoms. The van der Waals surface area contributed by atoms with E-state index in [1.54, 1.807) is 43.5 Å². The maximum absolute atomic E-state index is 15.3. The van der Waals surface area contributed by atoms with Gasteiger partial charge in [-0.3, -0.25) is 0 Å². The monoisotopic (exact) mass is 451 g/mol. The number of nitrogen functional groups attached to an aromatic ring is 1. The topological polar surface area (TPSA) is 95.0 Å². The molecule has 8 nitrogen and oxygen atoms in total. The van der Waals surface area contributed by atoms with Gasteiger partial charge in [0.15, 0.2) is 11.6 Å². The van der Waals surface area contributed by atoms with Crippen LogP contribution in [0.5, 0.6) is 5.75 Å². The first-order chi connectivity index (χ1) is 15.8. The summed E-state index contributed by atoms with van der Waals surface area (Å²) in [5.41, 5.74) is 8.45. The highest BCUT2D eigenvalue weighted by Crippen LogP contribution is 2.31. The summed E-state index contributed by atoms with van der Waals surface area (Å²) in [6.07, 6.45) is 1.57. The van der Waals surface area contributed by atoms with E-state index >= 15 is 4.39 Å². The van der Waals surface area contributed by atoms with E-state index in [0.717, 1.165) is 5.56 Å². The van der Waals surface area contributed by atoms with Gasteiger partial charge in [-0.25, -0.2) is 13.8 Å². The maximum atomic E-state index is 15.3. The van der Waals surface area contributed by atoms with Gasteiger partial charge in [-0.15, -0.1) is 5.10 Å². The lowest BCUT2D eigenvalue weighted by molar-refractivity contribution is 0.259. The molecule has 170 valence electrons. The molecule has 2 aromatic heterocycles. The molecule has 0 radical (unpaired) electrons. The Labute approximate surface area is 189 Å². The van der Waals surface area contributed by atoms with Crippen LogP contribution in [0.1, 0.15) is 5.56 Å². The number of rotatable bonds is 7. The Kier molecular flexibility index (Phi) is 6.27. The molecule has 0 saturated carbocycles. The van der Waals surface area contributed by atoms with Crippen LogP contribution in [-0.2, 0) is 0 Å². The molecule has 10 heteroatoms. The van der Waals surface area contributed by atoms with Crippen molar-refractivity contribution >= 4 is 5.82 Å². The molecule has 4 rings (SSSR count). The van der Waals surface area contributed by atoms with E-state index in [-0.39, 0.29) is 23.1 Å². The Bertz CT molecular complexity index is 1270. The molecular weight excluding hydrogens is 428 g/mol. The van der Waals surface area contributed by atoms with E-state index in [1.807, 2.05) is 19.0 Å². The van der Waals surface area contributed by atoms with Gasteiger partial charge in [-0.05, 0) is 67.3 Å². The fourth-order valence-corrected chi connectivity index (χ4v) is 3.28. The lowest BCUT2D eigenvalue weighted by atomic mass is 10.1. The molecule has 2 N–H and O–H groups in total. The van der Waals surface area contributed by atoms with Crippen LogP contribution in [-0.4, -0.2) is 57.3 Å². The van der Waals surface area contributed by atoms with Gasteiger partial charge in [-0.2, -0.15) is 4.68 Å². The molecule has 0 amide bonds. The predicted octanol–water partition coefficient (Wildman–Crippen LogP) is 3.50. The minimum Gasteiger partial charge on any atom is -0.492 e. The van der Waals surface area contributed by atoms with Crippen molar-refractivity contribution < 1.29 is 13.5 Å². The average Bonchev–Trinajstić information content (AvgIpc) is 3.27. The number of tetrazole rings is 1. The number of anilines is 1. The summed E-state index contributed by atoms with van der Waals surface area (Å²) in [6.45, 7) is 2.77. The van der Waals surface area contributed by atoms with Crippen LogP contribution < -0.4 is 10.5 Å². The summed E-state index contributed by atoms with van der Waals surface area (Å²) in [5.74, 6) is 0.00635. The van der Waals surface area contributed by atoms with Crippen molar-refractivity contribution in [3.63, 3.8) is 0 Å². The molecule has 0 aliphatic carbocycles. The Morgan fingerprint density at radius 1 is 1.06 bits per heavy atom. The molecule has 0 saturated heterocycles. The van der Waals surface area contributed by atoms with Crippen LogP contribution >= 0.6 is 0 Å². The van der Waals surface area contributed by atoms with E-state index < -0.39 is 5.82 Å². The van der Waals surface area contributed by atoms with E-state index in [0.29, 0.717) is 35.6 Å². The van der Waals surface area contributed by atoms with Gasteiger partial charge in [0, 0.05) is 23.9 Å². The minimum absolute atomic E-state index is 0.152. The number of nitrogens with two attached hydrogens (primary N) is 1. The van der Waals surface area contributed by atoms with Crippen LogP contribution in [0.2, 0.25) is 0 Å². The molecule has 0 atom stereocenters. The summed E-state index contributed by atoms with van der Waals surface area (Å²) in [4.78, 5) is 6.21. The highest BCUT2D eigenvalue weighted by Gasteiger charge is 2.20. The Morgan fingerprint density at radius 2 is 1.82 bits per heavy atom. The van der Waals surface area contributed by atoms with Crippen molar-refractivity contribution in [2.75, 3.05) is 33.0 Å². The third-order valence-corrected chi connectivity index (χ3v) is 5.15. The van der Waals surface area contributed by atoms with E-state index in [1.165, 1.54) is 16.8 Å². The van der Waals surface area contributed by atoms with Gasteiger partial charge in [0.1, 0.15) is 29.7 Å². The second kappa shape index (κ2) is 9.29. The van der Waals surface area contributed by atoms with Crippen molar-refractivity contribution in [3.8, 4) is 34.0 Å². The zero-order valence-corrected chi connectivity index (χ0v) is 18.5. The van der Waals surface area contributed by atoms with Gasteiger partial charge < -0.3 is 15.4 Å². The zero-order chi connectivity index (χ0) is 23.5. The number of hydrogen-bond donors (Lipinski definition) is 1. The largest absolute Gasteiger partial charge is 0.492 e. The standard InChI is InChI=1S/C23H23F2N7O/c1-14-20(33-11-10-31(2)3)9-8-19(21(14)25)32-23(28-29-30-32)18-12-16(13-27-22(18)26)15-4-6-17(24)7-5-15/h4-9,12-13H,10-11H2,1-3H3,(H2,26,27). The van der Waals surface area contributed by atoms with Crippen LogP contribution in [0, 0.1) is 18.6 Å². The smallest absolute Gasteiger partial charge is 0.190 e. The van der Waals surface area contributed by atoms with E-state index in [9.17, 15) is 4.39 Å². The van der Waals surface area contributed by atoms with Gasteiger partial charge in [0.2, 0.25) is 0 Å². The Hall–Kier alpha value is -3.92. The average molecular weight is 451 g/mol. The zero-order valence-electron chi connectivity index (χ0n) is 18.5. The molecule has 2 aromatic carbocycles. The quantitative estimate of drug-likeness (QED) is 0.460. The number of aromatic nitrogens is 5. The summed E-state index contributed by atoms with van der Waals surface area (Å²) >= 11 is 0. The van der Waals surface area contributed by atoms with Gasteiger partial charge in [-0.1, -0.05) is 12.1 Å². The number of benzene rings is 2. The normalized spacial score (nSPS) is 11.2. The summed E-state index contributed by atoms with van der Waals surface area (Å²) in [7, 11) is 3.87. The number of likely N-dealkylation sites (N-methyl/N-ethyl adjacent to an activating group) is 1. The Morgan fingerprint density at radius 3 is 2.55 bits per heavy atom. The van der Waals surface area contributed by atoms with Crippen LogP contribution in [0.15, 0.2) is 48.7 Å². The second-order valence-electron chi connectivity index (χ2n) is 7.75. The van der Waals surface area contributed by atoms with Crippen molar-refractivity contribution in [1.82, 2.24) is 30.1 Å².